The van der Waals surface area contributed by atoms with E-state index < -0.39 is 12.1 Å². The van der Waals surface area contributed by atoms with Gasteiger partial charge in [0.05, 0.1) is 12.6 Å². The molecular formula is C28H24N4O4. The maximum atomic E-state index is 13.8. The van der Waals surface area contributed by atoms with Crippen LogP contribution in [-0.4, -0.2) is 57.5 Å². The molecule has 1 N–H and O–H groups in total. The molecule has 180 valence electrons. The van der Waals surface area contributed by atoms with Crippen LogP contribution in [0.15, 0.2) is 66.9 Å². The van der Waals surface area contributed by atoms with Crippen molar-refractivity contribution in [3.63, 3.8) is 0 Å². The first kappa shape index (κ1) is 21.0. The number of ether oxygens (including phenoxy) is 2. The SMILES string of the molecule is O=C1[C@H]2Cc3c([nH]c4ccccc34)[C@H](c3ccc4c(c3)OCO4)N2C(=O)CN1CCc1ccccn1. The van der Waals surface area contributed by atoms with E-state index in [9.17, 15) is 9.59 Å². The molecule has 1 saturated heterocycles. The summed E-state index contributed by atoms with van der Waals surface area (Å²) in [4.78, 5) is 38.9. The minimum absolute atomic E-state index is 0.0211. The summed E-state index contributed by atoms with van der Waals surface area (Å²) in [6, 6.07) is 18.6. The molecule has 7 rings (SSSR count). The molecule has 8 heteroatoms. The number of para-hydroxylation sites is 1. The molecule has 0 saturated carbocycles. The molecule has 1 fully saturated rings. The van der Waals surface area contributed by atoms with Gasteiger partial charge in [-0.2, -0.15) is 0 Å². The number of aromatic nitrogens is 2. The zero-order chi connectivity index (χ0) is 24.2. The largest absolute Gasteiger partial charge is 0.454 e. The number of hydrogen-bond acceptors (Lipinski definition) is 5. The lowest BCUT2D eigenvalue weighted by Gasteiger charge is -2.47. The fraction of sp³-hybridized carbons (Fsp3) is 0.250. The number of nitrogens with zero attached hydrogens (tertiary/aromatic N) is 3. The summed E-state index contributed by atoms with van der Waals surface area (Å²) < 4.78 is 11.1. The van der Waals surface area contributed by atoms with Crippen LogP contribution >= 0.6 is 0 Å². The predicted molar refractivity (Wildman–Crippen MR) is 132 cm³/mol. The highest BCUT2D eigenvalue weighted by atomic mass is 16.7. The second kappa shape index (κ2) is 8.12. The number of carbonyl (C=O) groups is 2. The summed E-state index contributed by atoms with van der Waals surface area (Å²) in [5, 5.41) is 1.09. The van der Waals surface area contributed by atoms with Crippen molar-refractivity contribution in [3.05, 3.63) is 89.4 Å². The molecule has 0 aliphatic carbocycles. The Morgan fingerprint density at radius 2 is 1.86 bits per heavy atom. The fourth-order valence-corrected chi connectivity index (χ4v) is 5.74. The smallest absolute Gasteiger partial charge is 0.246 e. The number of rotatable bonds is 4. The van der Waals surface area contributed by atoms with Crippen LogP contribution in [0, 0.1) is 0 Å². The van der Waals surface area contributed by atoms with Crippen molar-refractivity contribution >= 4 is 22.7 Å². The van der Waals surface area contributed by atoms with Gasteiger partial charge in [0.2, 0.25) is 18.6 Å². The Morgan fingerprint density at radius 3 is 2.75 bits per heavy atom. The standard InChI is InChI=1S/C28H24N4O4/c33-25-15-31(12-10-18-5-3-4-11-29-18)28(34)22-14-20-19-6-1-2-7-21(19)30-26(20)27(32(22)25)17-8-9-23-24(13-17)36-16-35-23/h1-9,11,13,22,27,30H,10,12,14-16H2/t22-,27+/m1/s1. The lowest BCUT2D eigenvalue weighted by atomic mass is 9.86. The number of aromatic amines is 1. The lowest BCUT2D eigenvalue weighted by molar-refractivity contribution is -0.158. The molecule has 0 radical (unpaired) electrons. The molecule has 2 aromatic heterocycles. The van der Waals surface area contributed by atoms with Gasteiger partial charge in [-0.25, -0.2) is 0 Å². The Hall–Kier alpha value is -4.33. The molecule has 2 aromatic carbocycles. The van der Waals surface area contributed by atoms with Gasteiger partial charge in [0.1, 0.15) is 6.04 Å². The van der Waals surface area contributed by atoms with Gasteiger partial charge in [0, 0.05) is 47.9 Å². The van der Waals surface area contributed by atoms with Crippen molar-refractivity contribution in [2.75, 3.05) is 19.9 Å². The number of piperazine rings is 1. The van der Waals surface area contributed by atoms with Crippen LogP contribution in [-0.2, 0) is 22.4 Å². The van der Waals surface area contributed by atoms with Gasteiger partial charge in [-0.1, -0.05) is 30.3 Å². The number of hydrogen-bond donors (Lipinski definition) is 1. The van der Waals surface area contributed by atoms with Gasteiger partial charge in [0.15, 0.2) is 11.5 Å². The normalized spacial score (nSPS) is 20.6. The minimum Gasteiger partial charge on any atom is -0.454 e. The van der Waals surface area contributed by atoms with E-state index in [1.165, 1.54) is 0 Å². The van der Waals surface area contributed by atoms with E-state index in [0.717, 1.165) is 33.4 Å². The number of carbonyl (C=O) groups excluding carboxylic acids is 2. The third-order valence-electron chi connectivity index (χ3n) is 7.42. The van der Waals surface area contributed by atoms with Crippen LogP contribution < -0.4 is 9.47 Å². The van der Waals surface area contributed by atoms with Crippen LogP contribution in [0.1, 0.15) is 28.6 Å². The highest BCUT2D eigenvalue weighted by molar-refractivity contribution is 5.97. The van der Waals surface area contributed by atoms with Gasteiger partial charge in [0.25, 0.3) is 0 Å². The van der Waals surface area contributed by atoms with Crippen molar-refractivity contribution in [2.24, 2.45) is 0 Å². The lowest BCUT2D eigenvalue weighted by Crippen LogP contribution is -2.63. The van der Waals surface area contributed by atoms with Crippen molar-refractivity contribution in [1.82, 2.24) is 19.8 Å². The minimum atomic E-state index is -0.572. The van der Waals surface area contributed by atoms with E-state index in [2.05, 4.69) is 16.0 Å². The number of pyridine rings is 1. The number of fused-ring (bicyclic) bond motifs is 5. The first-order valence-electron chi connectivity index (χ1n) is 12.2. The molecule has 4 aromatic rings. The van der Waals surface area contributed by atoms with E-state index >= 15 is 0 Å². The van der Waals surface area contributed by atoms with Crippen molar-refractivity contribution in [2.45, 2.75) is 24.9 Å². The van der Waals surface area contributed by atoms with E-state index in [-0.39, 0.29) is 25.2 Å². The Kier molecular flexibility index (Phi) is 4.73. The first-order chi connectivity index (χ1) is 17.7. The van der Waals surface area contributed by atoms with Crippen LogP contribution in [0.5, 0.6) is 11.5 Å². The molecule has 8 nitrogen and oxygen atoms in total. The fourth-order valence-electron chi connectivity index (χ4n) is 5.74. The van der Waals surface area contributed by atoms with Gasteiger partial charge in [-0.15, -0.1) is 0 Å². The maximum Gasteiger partial charge on any atom is 0.246 e. The number of H-pyrrole nitrogens is 1. The molecule has 3 aliphatic rings. The summed E-state index contributed by atoms with van der Waals surface area (Å²) >= 11 is 0. The summed E-state index contributed by atoms with van der Waals surface area (Å²) in [7, 11) is 0. The van der Waals surface area contributed by atoms with Crippen molar-refractivity contribution in [1.29, 1.82) is 0 Å². The Balaban J connectivity index is 1.30. The highest BCUT2D eigenvalue weighted by Gasteiger charge is 2.48. The Morgan fingerprint density at radius 1 is 1.00 bits per heavy atom. The third kappa shape index (κ3) is 3.25. The zero-order valence-corrected chi connectivity index (χ0v) is 19.5. The van der Waals surface area contributed by atoms with Gasteiger partial charge in [-0.3, -0.25) is 14.6 Å². The van der Waals surface area contributed by atoms with Gasteiger partial charge >= 0.3 is 0 Å². The second-order valence-corrected chi connectivity index (χ2v) is 9.43. The van der Waals surface area contributed by atoms with E-state index in [1.807, 2.05) is 54.6 Å². The second-order valence-electron chi connectivity index (χ2n) is 9.43. The average Bonchev–Trinajstić information content (AvgIpc) is 3.53. The van der Waals surface area contributed by atoms with E-state index in [1.54, 1.807) is 16.0 Å². The van der Waals surface area contributed by atoms with E-state index in [4.69, 9.17) is 9.47 Å². The van der Waals surface area contributed by atoms with E-state index in [0.29, 0.717) is 30.9 Å². The highest BCUT2D eigenvalue weighted by Crippen LogP contribution is 2.44. The summed E-state index contributed by atoms with van der Waals surface area (Å²) in [5.41, 5.74) is 4.83. The summed E-state index contributed by atoms with van der Waals surface area (Å²) in [6.07, 6.45) is 2.83. The number of nitrogens with one attached hydrogen (secondary N) is 1. The Labute approximate surface area is 207 Å². The molecule has 3 aliphatic heterocycles. The predicted octanol–water partition coefficient (Wildman–Crippen LogP) is 3.22. The quantitative estimate of drug-likeness (QED) is 0.485. The molecule has 0 spiro atoms. The first-order valence-corrected chi connectivity index (χ1v) is 12.2. The van der Waals surface area contributed by atoms with Crippen molar-refractivity contribution < 1.29 is 19.1 Å². The summed E-state index contributed by atoms with van der Waals surface area (Å²) in [6.45, 7) is 0.691. The molecular weight excluding hydrogens is 456 g/mol. The monoisotopic (exact) mass is 480 g/mol. The molecule has 2 atom stereocenters. The van der Waals surface area contributed by atoms with Crippen LogP contribution in [0.3, 0.4) is 0 Å². The summed E-state index contributed by atoms with van der Waals surface area (Å²) in [5.74, 6) is 1.25. The average molecular weight is 481 g/mol. The van der Waals surface area contributed by atoms with Crippen LogP contribution in [0.2, 0.25) is 0 Å². The number of benzene rings is 2. The van der Waals surface area contributed by atoms with Crippen molar-refractivity contribution in [3.8, 4) is 11.5 Å². The molecule has 0 bridgehead atoms. The Bertz CT molecular complexity index is 1500. The molecule has 5 heterocycles. The van der Waals surface area contributed by atoms with Gasteiger partial charge in [-0.05, 0) is 41.5 Å². The zero-order valence-electron chi connectivity index (χ0n) is 19.5. The topological polar surface area (TPSA) is 87.8 Å². The molecule has 36 heavy (non-hydrogen) atoms. The van der Waals surface area contributed by atoms with Crippen LogP contribution in [0.4, 0.5) is 0 Å². The molecule has 2 amide bonds. The maximum absolute atomic E-state index is 13.8. The number of amides is 2. The van der Waals surface area contributed by atoms with Gasteiger partial charge < -0.3 is 24.3 Å². The third-order valence-corrected chi connectivity index (χ3v) is 7.42. The molecule has 0 unspecified atom stereocenters. The van der Waals surface area contributed by atoms with Crippen LogP contribution in [0.25, 0.3) is 10.9 Å².